The molecule has 0 aliphatic rings. The number of hydrogen-bond donors (Lipinski definition) is 2. The number of rotatable bonds is 9. The second-order valence-corrected chi connectivity index (χ2v) is 8.99. The van der Waals surface area contributed by atoms with Gasteiger partial charge in [0.05, 0.1) is 11.5 Å². The van der Waals surface area contributed by atoms with E-state index < -0.39 is 10.0 Å². The van der Waals surface area contributed by atoms with Gasteiger partial charge in [0, 0.05) is 23.3 Å². The van der Waals surface area contributed by atoms with Gasteiger partial charge in [-0.05, 0) is 55.3 Å². The maximum Gasteiger partial charge on any atom is 0.238 e. The van der Waals surface area contributed by atoms with Crippen LogP contribution in [0.25, 0.3) is 0 Å². The van der Waals surface area contributed by atoms with Crippen LogP contribution in [0.4, 0.5) is 5.69 Å². The molecule has 0 saturated heterocycles. The van der Waals surface area contributed by atoms with Crippen molar-refractivity contribution in [2.75, 3.05) is 11.9 Å². The fourth-order valence-corrected chi connectivity index (χ4v) is 3.63. The SMILES string of the molecule is CCOc1cc(CNc2ccc(S(N)(=O)=O)cc2)c(Cl)cc1OCc1ccc(C)cc1. The van der Waals surface area contributed by atoms with E-state index in [9.17, 15) is 8.42 Å². The third-order valence-corrected chi connectivity index (χ3v) is 5.87. The van der Waals surface area contributed by atoms with Crippen LogP contribution >= 0.6 is 11.6 Å². The molecular formula is C23H25ClN2O4S. The number of nitrogens with two attached hydrogens (primary N) is 1. The number of ether oxygens (including phenoxy) is 2. The van der Waals surface area contributed by atoms with Crippen molar-refractivity contribution in [2.45, 2.75) is 31.9 Å². The highest BCUT2D eigenvalue weighted by molar-refractivity contribution is 7.89. The molecule has 0 radical (unpaired) electrons. The Bertz CT molecular complexity index is 1130. The van der Waals surface area contributed by atoms with Crippen LogP contribution in [0.2, 0.25) is 5.02 Å². The molecule has 164 valence electrons. The molecule has 0 atom stereocenters. The third-order valence-electron chi connectivity index (χ3n) is 4.59. The van der Waals surface area contributed by atoms with Gasteiger partial charge < -0.3 is 14.8 Å². The maximum absolute atomic E-state index is 11.4. The standard InChI is InChI=1S/C23H25ClN2O4S/c1-3-29-22-12-18(14-26-19-8-10-20(11-9-19)31(25,27)28)21(24)13-23(22)30-15-17-6-4-16(2)5-7-17/h4-13,26H,3,14-15H2,1-2H3,(H2,25,27,28). The summed E-state index contributed by atoms with van der Waals surface area (Å²) in [5.41, 5.74) is 3.81. The van der Waals surface area contributed by atoms with Crippen LogP contribution < -0.4 is 19.9 Å². The molecule has 0 amide bonds. The van der Waals surface area contributed by atoms with Crippen LogP contribution in [0.1, 0.15) is 23.6 Å². The number of hydrogen-bond acceptors (Lipinski definition) is 5. The highest BCUT2D eigenvalue weighted by Gasteiger charge is 2.12. The minimum absolute atomic E-state index is 0.0600. The minimum atomic E-state index is -3.72. The van der Waals surface area contributed by atoms with E-state index in [2.05, 4.69) is 5.32 Å². The minimum Gasteiger partial charge on any atom is -0.490 e. The Morgan fingerprint density at radius 3 is 2.23 bits per heavy atom. The first-order chi connectivity index (χ1) is 14.8. The summed E-state index contributed by atoms with van der Waals surface area (Å²) in [6.45, 7) is 5.27. The highest BCUT2D eigenvalue weighted by Crippen LogP contribution is 2.34. The van der Waals surface area contributed by atoms with Crippen molar-refractivity contribution >= 4 is 27.3 Å². The van der Waals surface area contributed by atoms with Crippen molar-refractivity contribution in [3.05, 3.63) is 82.4 Å². The lowest BCUT2D eigenvalue weighted by molar-refractivity contribution is 0.269. The summed E-state index contributed by atoms with van der Waals surface area (Å²) in [6, 6.07) is 17.9. The number of primary sulfonamides is 1. The Morgan fingerprint density at radius 1 is 0.968 bits per heavy atom. The lowest BCUT2D eigenvalue weighted by Crippen LogP contribution is -2.12. The van der Waals surface area contributed by atoms with Crippen LogP contribution in [-0.4, -0.2) is 15.0 Å². The van der Waals surface area contributed by atoms with Crippen LogP contribution in [-0.2, 0) is 23.2 Å². The monoisotopic (exact) mass is 460 g/mol. The second kappa shape index (κ2) is 10.0. The van der Waals surface area contributed by atoms with Gasteiger partial charge in [0.15, 0.2) is 11.5 Å². The number of benzene rings is 3. The average Bonchev–Trinajstić information content (AvgIpc) is 2.73. The molecule has 6 nitrogen and oxygen atoms in total. The first kappa shape index (κ1) is 22.9. The molecule has 8 heteroatoms. The van der Waals surface area contributed by atoms with Crippen molar-refractivity contribution < 1.29 is 17.9 Å². The molecular weight excluding hydrogens is 436 g/mol. The molecule has 0 saturated carbocycles. The van der Waals surface area contributed by atoms with E-state index in [-0.39, 0.29) is 4.90 Å². The van der Waals surface area contributed by atoms with Crippen LogP contribution in [0.15, 0.2) is 65.6 Å². The predicted molar refractivity (Wildman–Crippen MR) is 123 cm³/mol. The molecule has 0 aromatic heterocycles. The Morgan fingerprint density at radius 2 is 1.61 bits per heavy atom. The first-order valence-electron chi connectivity index (χ1n) is 9.76. The van der Waals surface area contributed by atoms with E-state index >= 15 is 0 Å². The first-order valence-corrected chi connectivity index (χ1v) is 11.7. The van der Waals surface area contributed by atoms with E-state index in [1.165, 1.54) is 17.7 Å². The summed E-state index contributed by atoms with van der Waals surface area (Å²) in [4.78, 5) is 0.0600. The summed E-state index contributed by atoms with van der Waals surface area (Å²) < 4.78 is 34.5. The number of anilines is 1. The number of sulfonamides is 1. The summed E-state index contributed by atoms with van der Waals surface area (Å²) in [5, 5.41) is 8.88. The molecule has 3 rings (SSSR count). The van der Waals surface area contributed by atoms with E-state index in [4.69, 9.17) is 26.2 Å². The summed E-state index contributed by atoms with van der Waals surface area (Å²) in [7, 11) is -3.72. The van der Waals surface area contributed by atoms with E-state index in [1.807, 2.05) is 44.2 Å². The highest BCUT2D eigenvalue weighted by atomic mass is 35.5. The van der Waals surface area contributed by atoms with Gasteiger partial charge in [-0.15, -0.1) is 0 Å². The number of halogens is 1. The molecule has 3 aromatic carbocycles. The lowest BCUT2D eigenvalue weighted by Gasteiger charge is -2.16. The average molecular weight is 461 g/mol. The van der Waals surface area contributed by atoms with E-state index in [0.717, 1.165) is 16.8 Å². The van der Waals surface area contributed by atoms with Crippen LogP contribution in [0, 0.1) is 6.92 Å². The van der Waals surface area contributed by atoms with Gasteiger partial charge in [0.1, 0.15) is 6.61 Å². The molecule has 0 fully saturated rings. The van der Waals surface area contributed by atoms with E-state index in [1.54, 1.807) is 18.2 Å². The van der Waals surface area contributed by atoms with Gasteiger partial charge in [-0.3, -0.25) is 0 Å². The molecule has 0 heterocycles. The Balaban J connectivity index is 1.72. The molecule has 0 spiro atoms. The zero-order valence-corrected chi connectivity index (χ0v) is 19.0. The van der Waals surface area contributed by atoms with Crippen molar-refractivity contribution in [3.63, 3.8) is 0 Å². The van der Waals surface area contributed by atoms with Gasteiger partial charge in [-0.1, -0.05) is 41.4 Å². The fourth-order valence-electron chi connectivity index (χ4n) is 2.90. The van der Waals surface area contributed by atoms with Gasteiger partial charge in [-0.2, -0.15) is 0 Å². The van der Waals surface area contributed by atoms with Crippen molar-refractivity contribution in [1.29, 1.82) is 0 Å². The van der Waals surface area contributed by atoms with Crippen LogP contribution in [0.3, 0.4) is 0 Å². The summed E-state index contributed by atoms with van der Waals surface area (Å²) in [6.07, 6.45) is 0. The van der Waals surface area contributed by atoms with Gasteiger partial charge >= 0.3 is 0 Å². The third kappa shape index (κ3) is 6.37. The Kier molecular flexibility index (Phi) is 7.43. The zero-order valence-electron chi connectivity index (χ0n) is 17.4. The Hall–Kier alpha value is -2.74. The fraction of sp³-hybridized carbons (Fsp3) is 0.217. The second-order valence-electron chi connectivity index (χ2n) is 7.02. The topological polar surface area (TPSA) is 90.6 Å². The molecule has 31 heavy (non-hydrogen) atoms. The molecule has 0 unspecified atom stereocenters. The van der Waals surface area contributed by atoms with Crippen molar-refractivity contribution in [3.8, 4) is 11.5 Å². The van der Waals surface area contributed by atoms with Gasteiger partial charge in [-0.25, -0.2) is 13.6 Å². The molecule has 0 bridgehead atoms. The molecule has 0 aliphatic carbocycles. The van der Waals surface area contributed by atoms with Crippen molar-refractivity contribution in [2.24, 2.45) is 5.14 Å². The largest absolute Gasteiger partial charge is 0.490 e. The smallest absolute Gasteiger partial charge is 0.238 e. The van der Waals surface area contributed by atoms with Crippen LogP contribution in [0.5, 0.6) is 11.5 Å². The quantitative estimate of drug-likeness (QED) is 0.474. The Labute approximate surface area is 188 Å². The van der Waals surface area contributed by atoms with E-state index in [0.29, 0.717) is 36.3 Å². The lowest BCUT2D eigenvalue weighted by atomic mass is 10.1. The van der Waals surface area contributed by atoms with Gasteiger partial charge in [0.25, 0.3) is 0 Å². The predicted octanol–water partition coefficient (Wildman–Crippen LogP) is 4.89. The normalized spacial score (nSPS) is 11.2. The number of nitrogens with one attached hydrogen (secondary N) is 1. The summed E-state index contributed by atoms with van der Waals surface area (Å²) >= 11 is 6.48. The molecule has 3 aromatic rings. The molecule has 0 aliphatic heterocycles. The molecule has 3 N–H and O–H groups in total. The maximum atomic E-state index is 11.4. The van der Waals surface area contributed by atoms with Crippen molar-refractivity contribution in [1.82, 2.24) is 0 Å². The number of aryl methyl sites for hydroxylation is 1. The zero-order chi connectivity index (χ0) is 22.4. The summed E-state index contributed by atoms with van der Waals surface area (Å²) in [5.74, 6) is 1.19. The van der Waals surface area contributed by atoms with Gasteiger partial charge in [0.2, 0.25) is 10.0 Å².